The van der Waals surface area contributed by atoms with Crippen molar-refractivity contribution in [3.63, 3.8) is 0 Å². The number of nitrogens with zero attached hydrogens (tertiary/aromatic N) is 7. The number of nitrogen functional groups attached to an aromatic ring is 2. The first-order valence-corrected chi connectivity index (χ1v) is 8.31. The number of hydrogen-bond acceptors (Lipinski definition) is 12. The second-order valence-electron chi connectivity index (χ2n) is 5.20. The molecule has 29 heavy (non-hydrogen) atoms. The highest BCUT2D eigenvalue weighted by Gasteiger charge is 1.97. The van der Waals surface area contributed by atoms with E-state index in [1.165, 1.54) is 24.5 Å². The zero-order valence-corrected chi connectivity index (χ0v) is 15.4. The standard InChI is InChI=1S/C7H11N5O4.C7H12N4O2/c8-7-10-4-2-6(11(7)13)9-3-1-5-16-12(14)15;8-7-10-4-2-6(11(7)13)9-3-1-5-12/h2,4,13H,1,3,5H2,(H2,8,10);2,4,12-13H,1,3,5H2,(H2,8,10). The molecule has 0 fully saturated rings. The molecule has 0 unspecified atom stereocenters. The molecule has 15 nitrogen and oxygen atoms in total. The number of nitrogens with two attached hydrogens (primary N) is 2. The van der Waals surface area contributed by atoms with Gasteiger partial charge in [-0.3, -0.25) is 9.98 Å². The molecule has 0 atom stereocenters. The lowest BCUT2D eigenvalue weighted by molar-refractivity contribution is -0.757. The van der Waals surface area contributed by atoms with Crippen LogP contribution in [0.4, 0.5) is 11.9 Å². The highest BCUT2D eigenvalue weighted by molar-refractivity contribution is 5.13. The molecule has 0 spiro atoms. The zero-order valence-electron chi connectivity index (χ0n) is 15.4. The van der Waals surface area contributed by atoms with Crippen molar-refractivity contribution < 1.29 is 25.4 Å². The van der Waals surface area contributed by atoms with Gasteiger partial charge < -0.3 is 31.8 Å². The van der Waals surface area contributed by atoms with Gasteiger partial charge in [-0.25, -0.2) is 9.97 Å². The predicted octanol–water partition coefficient (Wildman–Crippen LogP) is -1.81. The van der Waals surface area contributed by atoms with Gasteiger partial charge in [0.25, 0.3) is 5.09 Å². The van der Waals surface area contributed by atoms with E-state index in [0.717, 1.165) is 0 Å². The molecule has 2 aromatic rings. The molecule has 0 aliphatic rings. The first kappa shape index (κ1) is 23.2. The quantitative estimate of drug-likeness (QED) is 0.141. The number of rotatable bonds is 8. The maximum absolute atomic E-state index is 9.82. The van der Waals surface area contributed by atoms with Crippen molar-refractivity contribution in [1.29, 1.82) is 0 Å². The predicted molar refractivity (Wildman–Crippen MR) is 97.8 cm³/mol. The number of aliphatic hydroxyl groups excluding tert-OH is 1. The van der Waals surface area contributed by atoms with Crippen molar-refractivity contribution in [1.82, 2.24) is 19.4 Å². The summed E-state index contributed by atoms with van der Waals surface area (Å²) in [5.41, 5.74) is 11.2. The topological polar surface area (TPSA) is 225 Å². The Bertz CT molecular complexity index is 911. The molecule has 160 valence electrons. The molecule has 7 N–H and O–H groups in total. The molecule has 2 aromatic heterocycles. The molecule has 0 saturated carbocycles. The number of anilines is 2. The van der Waals surface area contributed by atoms with Gasteiger partial charge in [0.2, 0.25) is 11.9 Å². The lowest BCUT2D eigenvalue weighted by Crippen LogP contribution is -2.22. The van der Waals surface area contributed by atoms with E-state index in [-0.39, 0.29) is 37.1 Å². The summed E-state index contributed by atoms with van der Waals surface area (Å²) in [6, 6.07) is 3.00. The monoisotopic (exact) mass is 413 g/mol. The number of hydrogen-bond donors (Lipinski definition) is 5. The molecule has 0 aliphatic heterocycles. The molecule has 0 radical (unpaired) electrons. The van der Waals surface area contributed by atoms with E-state index in [2.05, 4.69) is 24.8 Å². The van der Waals surface area contributed by atoms with Gasteiger partial charge in [0.15, 0.2) is 11.0 Å². The van der Waals surface area contributed by atoms with Gasteiger partial charge in [-0.15, -0.1) is 19.6 Å². The lowest BCUT2D eigenvalue weighted by atomic mass is 10.5. The normalized spacial score (nSPS) is 11.6. The summed E-state index contributed by atoms with van der Waals surface area (Å²) < 4.78 is 1.34. The summed E-state index contributed by atoms with van der Waals surface area (Å²) in [6.45, 7) is 0.760. The zero-order chi connectivity index (χ0) is 21.6. The molecule has 0 amide bonds. The average molecular weight is 413 g/mol. The van der Waals surface area contributed by atoms with Gasteiger partial charge >= 0.3 is 0 Å². The third-order valence-corrected chi connectivity index (χ3v) is 3.09. The van der Waals surface area contributed by atoms with Crippen LogP contribution in [0.3, 0.4) is 0 Å². The molecule has 0 aliphatic carbocycles. The summed E-state index contributed by atoms with van der Waals surface area (Å²) >= 11 is 0. The van der Waals surface area contributed by atoms with Crippen LogP contribution in [0, 0.1) is 10.1 Å². The van der Waals surface area contributed by atoms with Crippen molar-refractivity contribution in [2.45, 2.75) is 12.8 Å². The molecular weight excluding hydrogens is 390 g/mol. The Morgan fingerprint density at radius 1 is 1.03 bits per heavy atom. The fourth-order valence-corrected chi connectivity index (χ4v) is 1.75. The Morgan fingerprint density at radius 2 is 1.52 bits per heavy atom. The lowest BCUT2D eigenvalue weighted by Gasteiger charge is -2.00. The summed E-state index contributed by atoms with van der Waals surface area (Å²) in [7, 11) is 0. The number of aliphatic hydroxyl groups is 1. The van der Waals surface area contributed by atoms with Crippen LogP contribution in [0.1, 0.15) is 12.8 Å². The van der Waals surface area contributed by atoms with E-state index in [1.807, 2.05) is 0 Å². The van der Waals surface area contributed by atoms with E-state index in [1.54, 1.807) is 0 Å². The molecule has 2 rings (SSSR count). The van der Waals surface area contributed by atoms with Crippen molar-refractivity contribution in [3.05, 3.63) is 45.6 Å². The Labute approximate surface area is 163 Å². The van der Waals surface area contributed by atoms with Gasteiger partial charge in [-0.05, 0) is 12.8 Å². The Hall–Kier alpha value is -3.88. The van der Waals surface area contributed by atoms with Crippen LogP contribution in [0.5, 0.6) is 0 Å². The molecule has 15 heteroatoms. The second-order valence-corrected chi connectivity index (χ2v) is 5.20. The van der Waals surface area contributed by atoms with Gasteiger partial charge in [-0.2, -0.15) is 0 Å². The minimum Gasteiger partial charge on any atom is -0.423 e. The SMILES string of the molecule is Nc1nccc(=NCCCO)n1O.Nc1nccc(=NCCCO[N+](=O)[O-])n1O. The van der Waals surface area contributed by atoms with Crippen LogP contribution < -0.4 is 22.4 Å². The van der Waals surface area contributed by atoms with E-state index >= 15 is 0 Å². The Balaban J connectivity index is 0.000000296. The van der Waals surface area contributed by atoms with E-state index < -0.39 is 5.09 Å². The second kappa shape index (κ2) is 12.5. The third-order valence-electron chi connectivity index (χ3n) is 3.09. The molecular formula is C14H23N9O6. The molecule has 0 bridgehead atoms. The minimum absolute atomic E-state index is 0.00903. The summed E-state index contributed by atoms with van der Waals surface area (Å²) in [5.74, 6) is -0.0898. The van der Waals surface area contributed by atoms with Crippen LogP contribution in [-0.2, 0) is 4.84 Å². The number of aromatic nitrogens is 4. The van der Waals surface area contributed by atoms with Gasteiger partial charge in [0.05, 0.1) is 6.61 Å². The average Bonchev–Trinajstić information content (AvgIpc) is 2.68. The van der Waals surface area contributed by atoms with Crippen molar-refractivity contribution in [2.75, 3.05) is 37.8 Å². The first-order chi connectivity index (χ1) is 13.9. The summed E-state index contributed by atoms with van der Waals surface area (Å²) in [5, 5.41) is 36.1. The highest BCUT2D eigenvalue weighted by atomic mass is 16.9. The van der Waals surface area contributed by atoms with Crippen LogP contribution in [0.15, 0.2) is 34.5 Å². The van der Waals surface area contributed by atoms with Gasteiger partial charge in [0, 0.05) is 44.2 Å². The van der Waals surface area contributed by atoms with Crippen molar-refractivity contribution in [2.24, 2.45) is 9.98 Å². The van der Waals surface area contributed by atoms with Crippen molar-refractivity contribution >= 4 is 11.9 Å². The van der Waals surface area contributed by atoms with Crippen molar-refractivity contribution in [3.8, 4) is 0 Å². The highest BCUT2D eigenvalue weighted by Crippen LogP contribution is 1.88. The fraction of sp³-hybridized carbons (Fsp3) is 0.429. The summed E-state index contributed by atoms with van der Waals surface area (Å²) in [4.78, 5) is 29.1. The smallest absolute Gasteiger partial charge is 0.294 e. The third kappa shape index (κ3) is 8.57. The van der Waals surface area contributed by atoms with E-state index in [9.17, 15) is 20.5 Å². The van der Waals surface area contributed by atoms with Crippen LogP contribution in [-0.4, -0.2) is 66.3 Å². The van der Waals surface area contributed by atoms with E-state index in [0.29, 0.717) is 34.3 Å². The fourth-order valence-electron chi connectivity index (χ4n) is 1.75. The Kier molecular flexibility index (Phi) is 9.98. The maximum Gasteiger partial charge on any atom is 0.294 e. The van der Waals surface area contributed by atoms with Crippen LogP contribution in [0.25, 0.3) is 0 Å². The first-order valence-electron chi connectivity index (χ1n) is 8.31. The molecule has 0 aromatic carbocycles. The van der Waals surface area contributed by atoms with Crippen LogP contribution >= 0.6 is 0 Å². The maximum atomic E-state index is 9.82. The molecule has 2 heterocycles. The summed E-state index contributed by atoms with van der Waals surface area (Å²) in [6.07, 6.45) is 3.78. The Morgan fingerprint density at radius 3 is 1.97 bits per heavy atom. The molecule has 0 saturated heterocycles. The largest absolute Gasteiger partial charge is 0.423 e. The van der Waals surface area contributed by atoms with E-state index in [4.69, 9.17) is 16.6 Å². The van der Waals surface area contributed by atoms with Crippen LogP contribution in [0.2, 0.25) is 0 Å². The minimum atomic E-state index is -0.864. The van der Waals surface area contributed by atoms with Gasteiger partial charge in [-0.1, -0.05) is 0 Å². The van der Waals surface area contributed by atoms with Gasteiger partial charge in [0.1, 0.15) is 0 Å².